The summed E-state index contributed by atoms with van der Waals surface area (Å²) in [6.07, 6.45) is 0.871. The van der Waals surface area contributed by atoms with E-state index in [0.717, 1.165) is 28.6 Å². The molecular weight excluding hydrogens is 388 g/mol. The fourth-order valence-corrected chi connectivity index (χ4v) is 3.13. The first-order valence-electron chi connectivity index (χ1n) is 9.30. The Morgan fingerprint density at radius 1 is 1.10 bits per heavy atom. The maximum absolute atomic E-state index is 5.96. The van der Waals surface area contributed by atoms with Crippen molar-refractivity contribution in [1.82, 2.24) is 20.2 Å². The van der Waals surface area contributed by atoms with E-state index in [0.29, 0.717) is 34.9 Å². The Hall–Kier alpha value is -3.32. The Morgan fingerprint density at radius 3 is 2.66 bits per heavy atom. The van der Waals surface area contributed by atoms with Crippen LogP contribution in [0.15, 0.2) is 48.5 Å². The summed E-state index contributed by atoms with van der Waals surface area (Å²) in [6.45, 7) is 2.65. The molecule has 0 saturated heterocycles. The zero-order chi connectivity index (χ0) is 20.2. The molecule has 4 aromatic rings. The van der Waals surface area contributed by atoms with Crippen LogP contribution in [0.25, 0.3) is 10.9 Å². The van der Waals surface area contributed by atoms with Crippen molar-refractivity contribution in [2.75, 3.05) is 17.7 Å². The minimum atomic E-state index is 0.509. The number of ether oxygens (including phenoxy) is 1. The van der Waals surface area contributed by atoms with Gasteiger partial charge in [-0.1, -0.05) is 36.7 Å². The van der Waals surface area contributed by atoms with Gasteiger partial charge in [-0.25, -0.2) is 4.98 Å². The number of hydrogen-bond acceptors (Lipinski definition) is 6. The molecule has 2 aromatic carbocycles. The molecule has 0 amide bonds. The van der Waals surface area contributed by atoms with Gasteiger partial charge in [-0.05, 0) is 36.2 Å². The fraction of sp³-hybridized carbons (Fsp3) is 0.190. The van der Waals surface area contributed by atoms with Crippen LogP contribution in [0, 0.1) is 0 Å². The number of halogens is 1. The highest BCUT2D eigenvalue weighted by Gasteiger charge is 2.14. The molecule has 3 N–H and O–H groups in total. The van der Waals surface area contributed by atoms with Gasteiger partial charge in [0.2, 0.25) is 5.95 Å². The van der Waals surface area contributed by atoms with E-state index in [-0.39, 0.29) is 0 Å². The molecule has 2 aromatic heterocycles. The molecular formula is C21H21ClN6O. The number of aryl methyl sites for hydroxylation is 1. The number of nitrogens with zero attached hydrogens (tertiary/aromatic N) is 3. The fourth-order valence-electron chi connectivity index (χ4n) is 3.00. The second-order valence-corrected chi connectivity index (χ2v) is 6.92. The third-order valence-corrected chi connectivity index (χ3v) is 4.78. The van der Waals surface area contributed by atoms with Gasteiger partial charge in [-0.2, -0.15) is 10.1 Å². The van der Waals surface area contributed by atoms with Gasteiger partial charge in [0.25, 0.3) is 0 Å². The summed E-state index contributed by atoms with van der Waals surface area (Å²) in [7, 11) is 1.63. The monoisotopic (exact) mass is 408 g/mol. The number of hydrogen-bond donors (Lipinski definition) is 3. The topological polar surface area (TPSA) is 87.8 Å². The van der Waals surface area contributed by atoms with Gasteiger partial charge in [0, 0.05) is 23.3 Å². The van der Waals surface area contributed by atoms with Gasteiger partial charge >= 0.3 is 0 Å². The first kappa shape index (κ1) is 19.0. The van der Waals surface area contributed by atoms with E-state index < -0.39 is 0 Å². The third kappa shape index (κ3) is 4.25. The van der Waals surface area contributed by atoms with E-state index in [1.165, 1.54) is 0 Å². The predicted octanol–water partition coefficient (Wildman–Crippen LogP) is 4.93. The smallest absolute Gasteiger partial charge is 0.225 e. The number of nitrogens with one attached hydrogen (secondary N) is 3. The zero-order valence-corrected chi connectivity index (χ0v) is 16.9. The van der Waals surface area contributed by atoms with E-state index >= 15 is 0 Å². The van der Waals surface area contributed by atoms with Crippen LogP contribution in [-0.4, -0.2) is 27.3 Å². The lowest BCUT2D eigenvalue weighted by Gasteiger charge is -2.13. The van der Waals surface area contributed by atoms with Gasteiger partial charge in [0.1, 0.15) is 11.6 Å². The Bertz CT molecular complexity index is 1130. The first-order chi connectivity index (χ1) is 14.2. The van der Waals surface area contributed by atoms with Crippen molar-refractivity contribution < 1.29 is 4.74 Å². The Labute approximate surface area is 173 Å². The third-order valence-electron chi connectivity index (χ3n) is 4.53. The largest absolute Gasteiger partial charge is 0.496 e. The number of fused-ring (bicyclic) bond motifs is 1. The average Bonchev–Trinajstić information content (AvgIpc) is 3.20. The van der Waals surface area contributed by atoms with E-state index in [4.69, 9.17) is 16.3 Å². The molecule has 0 fully saturated rings. The summed E-state index contributed by atoms with van der Waals surface area (Å²) in [6, 6.07) is 15.3. The van der Waals surface area contributed by atoms with Gasteiger partial charge in [-0.3, -0.25) is 5.10 Å². The van der Waals surface area contributed by atoms with E-state index in [2.05, 4.69) is 37.7 Å². The molecule has 7 nitrogen and oxygen atoms in total. The summed E-state index contributed by atoms with van der Waals surface area (Å²) < 4.78 is 5.53. The Kier molecular flexibility index (Phi) is 5.48. The molecule has 0 aliphatic heterocycles. The van der Waals surface area contributed by atoms with Gasteiger partial charge < -0.3 is 15.4 Å². The summed E-state index contributed by atoms with van der Waals surface area (Å²) in [5.74, 6) is 2.52. The molecule has 0 radical (unpaired) electrons. The molecule has 0 aliphatic rings. The number of aromatic amines is 1. The van der Waals surface area contributed by atoms with Gasteiger partial charge in [-0.15, -0.1) is 0 Å². The summed E-state index contributed by atoms with van der Waals surface area (Å²) in [4.78, 5) is 9.32. The van der Waals surface area contributed by atoms with Crippen LogP contribution in [0.5, 0.6) is 5.75 Å². The maximum Gasteiger partial charge on any atom is 0.225 e. The van der Waals surface area contributed by atoms with E-state index in [1.54, 1.807) is 7.11 Å². The molecule has 2 heterocycles. The van der Waals surface area contributed by atoms with Crippen molar-refractivity contribution in [2.24, 2.45) is 0 Å². The second-order valence-electron chi connectivity index (χ2n) is 6.49. The van der Waals surface area contributed by atoms with Crippen molar-refractivity contribution in [3.8, 4) is 5.75 Å². The van der Waals surface area contributed by atoms with Crippen LogP contribution in [0.4, 0.5) is 17.6 Å². The van der Waals surface area contributed by atoms with E-state index in [1.807, 2.05) is 48.5 Å². The molecule has 0 spiro atoms. The number of rotatable bonds is 7. The minimum Gasteiger partial charge on any atom is -0.496 e. The predicted molar refractivity (Wildman–Crippen MR) is 116 cm³/mol. The first-order valence-corrected chi connectivity index (χ1v) is 9.68. The van der Waals surface area contributed by atoms with E-state index in [9.17, 15) is 0 Å². The van der Waals surface area contributed by atoms with Gasteiger partial charge in [0.15, 0.2) is 5.82 Å². The van der Waals surface area contributed by atoms with Crippen LogP contribution in [-0.2, 0) is 13.0 Å². The van der Waals surface area contributed by atoms with Crippen molar-refractivity contribution in [2.45, 2.75) is 19.9 Å². The normalized spacial score (nSPS) is 10.9. The standard InChI is InChI=1S/C21H21ClN6O/c1-3-15-11-18(28-27-15)25-20-19-16(5-4-6-17(19)29-2)24-21(26-20)23-12-13-7-9-14(22)10-8-13/h4-11H,3,12H2,1-2H3,(H3,23,24,25,26,27,28). The quantitative estimate of drug-likeness (QED) is 0.401. The lowest BCUT2D eigenvalue weighted by Crippen LogP contribution is -2.06. The molecule has 0 saturated carbocycles. The Balaban J connectivity index is 1.69. The summed E-state index contributed by atoms with van der Waals surface area (Å²) in [5.41, 5.74) is 2.89. The Morgan fingerprint density at radius 2 is 1.93 bits per heavy atom. The van der Waals surface area contributed by atoms with Gasteiger partial charge in [0.05, 0.1) is 18.0 Å². The summed E-state index contributed by atoms with van der Waals surface area (Å²) in [5, 5.41) is 15.4. The molecule has 0 atom stereocenters. The molecule has 0 unspecified atom stereocenters. The zero-order valence-electron chi connectivity index (χ0n) is 16.2. The summed E-state index contributed by atoms with van der Waals surface area (Å²) >= 11 is 5.96. The molecule has 148 valence electrons. The highest BCUT2D eigenvalue weighted by molar-refractivity contribution is 6.30. The van der Waals surface area contributed by atoms with Crippen LogP contribution in [0.1, 0.15) is 18.2 Å². The van der Waals surface area contributed by atoms with Crippen molar-refractivity contribution >= 4 is 40.1 Å². The molecule has 0 bridgehead atoms. The lowest BCUT2D eigenvalue weighted by atomic mass is 10.2. The highest BCUT2D eigenvalue weighted by atomic mass is 35.5. The second kappa shape index (κ2) is 8.36. The highest BCUT2D eigenvalue weighted by Crippen LogP contribution is 2.32. The van der Waals surface area contributed by atoms with Crippen molar-refractivity contribution in [1.29, 1.82) is 0 Å². The number of H-pyrrole nitrogens is 1. The van der Waals surface area contributed by atoms with Crippen molar-refractivity contribution in [3.05, 3.63) is 64.8 Å². The van der Waals surface area contributed by atoms with Crippen LogP contribution in [0.3, 0.4) is 0 Å². The van der Waals surface area contributed by atoms with Crippen LogP contribution >= 0.6 is 11.6 Å². The maximum atomic E-state index is 5.96. The molecule has 4 rings (SSSR count). The number of aromatic nitrogens is 4. The molecule has 29 heavy (non-hydrogen) atoms. The SMILES string of the molecule is CCc1cc(Nc2nc(NCc3ccc(Cl)cc3)nc3cccc(OC)c23)n[nH]1. The number of benzene rings is 2. The lowest BCUT2D eigenvalue weighted by molar-refractivity contribution is 0.420. The van der Waals surface area contributed by atoms with Crippen LogP contribution < -0.4 is 15.4 Å². The molecule has 0 aliphatic carbocycles. The average molecular weight is 409 g/mol. The molecule has 8 heteroatoms. The minimum absolute atomic E-state index is 0.509. The van der Waals surface area contributed by atoms with Crippen molar-refractivity contribution in [3.63, 3.8) is 0 Å². The van der Waals surface area contributed by atoms with Crippen LogP contribution in [0.2, 0.25) is 5.02 Å². The number of anilines is 3. The number of methoxy groups -OCH3 is 1.